The van der Waals surface area contributed by atoms with Crippen LogP contribution in [0.1, 0.15) is 45.1 Å². The summed E-state index contributed by atoms with van der Waals surface area (Å²) in [6.45, 7) is 5.55. The Bertz CT molecular complexity index is 507. The summed E-state index contributed by atoms with van der Waals surface area (Å²) in [7, 11) is -3.81. The third-order valence-corrected chi connectivity index (χ3v) is 4.72. The highest BCUT2D eigenvalue weighted by molar-refractivity contribution is 7.86. The van der Waals surface area contributed by atoms with E-state index in [1.807, 2.05) is 20.8 Å². The number of hydrogen-bond acceptors (Lipinski definition) is 4. The Morgan fingerprint density at radius 2 is 1.80 bits per heavy atom. The zero-order chi connectivity index (χ0) is 15.2. The summed E-state index contributed by atoms with van der Waals surface area (Å²) in [5, 5.41) is 10.3. The molecule has 114 valence electrons. The van der Waals surface area contributed by atoms with Crippen molar-refractivity contribution in [2.45, 2.75) is 57.0 Å². The SMILES string of the molecule is CCCC[C@@](O)(CC)COS(=O)(=O)c1ccc(C)cc1. The lowest BCUT2D eigenvalue weighted by atomic mass is 9.95. The van der Waals surface area contributed by atoms with Crippen LogP contribution in [0.4, 0.5) is 0 Å². The molecular formula is C15H24O4S. The van der Waals surface area contributed by atoms with Gasteiger partial charge in [0.2, 0.25) is 0 Å². The number of aryl methyl sites for hydroxylation is 1. The van der Waals surface area contributed by atoms with E-state index in [2.05, 4.69) is 0 Å². The summed E-state index contributed by atoms with van der Waals surface area (Å²) < 4.78 is 29.1. The molecule has 5 heteroatoms. The molecule has 0 bridgehead atoms. The van der Waals surface area contributed by atoms with Gasteiger partial charge in [-0.25, -0.2) is 0 Å². The average molecular weight is 300 g/mol. The molecule has 0 aliphatic heterocycles. The molecule has 0 saturated carbocycles. The van der Waals surface area contributed by atoms with Crippen LogP contribution >= 0.6 is 0 Å². The van der Waals surface area contributed by atoms with Gasteiger partial charge in [0.25, 0.3) is 10.1 Å². The molecule has 4 nitrogen and oxygen atoms in total. The van der Waals surface area contributed by atoms with E-state index in [4.69, 9.17) is 4.18 Å². The largest absolute Gasteiger partial charge is 0.387 e. The van der Waals surface area contributed by atoms with E-state index in [-0.39, 0.29) is 11.5 Å². The maximum Gasteiger partial charge on any atom is 0.297 e. The minimum Gasteiger partial charge on any atom is -0.387 e. The van der Waals surface area contributed by atoms with Crippen LogP contribution in [0, 0.1) is 6.92 Å². The molecule has 1 N–H and O–H groups in total. The first-order valence-corrected chi connectivity index (χ1v) is 8.42. The van der Waals surface area contributed by atoms with Crippen molar-refractivity contribution in [3.8, 4) is 0 Å². The van der Waals surface area contributed by atoms with E-state index < -0.39 is 15.7 Å². The molecule has 0 aliphatic carbocycles. The molecule has 0 aromatic heterocycles. The maximum absolute atomic E-state index is 12.0. The minimum absolute atomic E-state index is 0.122. The molecule has 0 saturated heterocycles. The fourth-order valence-corrected chi connectivity index (χ4v) is 2.80. The molecule has 1 rings (SSSR count). The second-order valence-electron chi connectivity index (χ2n) is 5.21. The molecule has 0 amide bonds. The number of rotatable bonds is 8. The smallest absolute Gasteiger partial charge is 0.297 e. The van der Waals surface area contributed by atoms with Crippen molar-refractivity contribution in [1.29, 1.82) is 0 Å². The van der Waals surface area contributed by atoms with Crippen LogP contribution in [-0.4, -0.2) is 25.7 Å². The molecule has 1 aromatic rings. The van der Waals surface area contributed by atoms with Gasteiger partial charge in [0, 0.05) is 0 Å². The minimum atomic E-state index is -3.81. The van der Waals surface area contributed by atoms with Gasteiger partial charge in [-0.3, -0.25) is 4.18 Å². The van der Waals surface area contributed by atoms with E-state index in [0.29, 0.717) is 12.8 Å². The molecule has 1 atom stereocenters. The normalized spacial score (nSPS) is 15.0. The summed E-state index contributed by atoms with van der Waals surface area (Å²) in [5.74, 6) is 0. The van der Waals surface area contributed by atoms with E-state index in [0.717, 1.165) is 18.4 Å². The Hall–Kier alpha value is -0.910. The van der Waals surface area contributed by atoms with Gasteiger partial charge in [-0.1, -0.05) is 44.4 Å². The second kappa shape index (κ2) is 7.20. The fraction of sp³-hybridized carbons (Fsp3) is 0.600. The Labute approximate surface area is 121 Å². The lowest BCUT2D eigenvalue weighted by Gasteiger charge is -2.26. The second-order valence-corrected chi connectivity index (χ2v) is 6.83. The van der Waals surface area contributed by atoms with Crippen LogP contribution in [0.5, 0.6) is 0 Å². The number of aliphatic hydroxyl groups is 1. The zero-order valence-corrected chi connectivity index (χ0v) is 13.2. The topological polar surface area (TPSA) is 63.6 Å². The van der Waals surface area contributed by atoms with Crippen molar-refractivity contribution in [2.75, 3.05) is 6.61 Å². The van der Waals surface area contributed by atoms with Gasteiger partial charge in [-0.05, 0) is 31.9 Å². The highest BCUT2D eigenvalue weighted by atomic mass is 32.2. The van der Waals surface area contributed by atoms with Gasteiger partial charge in [0.15, 0.2) is 0 Å². The third kappa shape index (κ3) is 4.89. The first-order chi connectivity index (χ1) is 9.33. The van der Waals surface area contributed by atoms with Crippen LogP contribution in [0.2, 0.25) is 0 Å². The molecule has 0 radical (unpaired) electrons. The summed E-state index contributed by atoms with van der Waals surface area (Å²) in [6, 6.07) is 6.47. The molecular weight excluding hydrogens is 276 g/mol. The van der Waals surface area contributed by atoms with Crippen LogP contribution in [-0.2, 0) is 14.3 Å². The summed E-state index contributed by atoms with van der Waals surface area (Å²) in [6.07, 6.45) is 2.81. The first-order valence-electron chi connectivity index (χ1n) is 7.01. The van der Waals surface area contributed by atoms with Gasteiger partial charge in [-0.15, -0.1) is 0 Å². The van der Waals surface area contributed by atoms with E-state index >= 15 is 0 Å². The lowest BCUT2D eigenvalue weighted by Crippen LogP contribution is -2.34. The maximum atomic E-state index is 12.0. The van der Waals surface area contributed by atoms with Crippen LogP contribution in [0.15, 0.2) is 29.2 Å². The van der Waals surface area contributed by atoms with Crippen molar-refractivity contribution in [1.82, 2.24) is 0 Å². The molecule has 1 aromatic carbocycles. The van der Waals surface area contributed by atoms with E-state index in [1.54, 1.807) is 12.1 Å². The van der Waals surface area contributed by atoms with Crippen LogP contribution < -0.4 is 0 Å². The standard InChI is InChI=1S/C15H24O4S/c1-4-6-11-15(16,5-2)12-19-20(17,18)14-9-7-13(3)8-10-14/h7-10,16H,4-6,11-12H2,1-3H3/t15-/m0/s1. The number of hydrogen-bond donors (Lipinski definition) is 1. The predicted octanol–water partition coefficient (Wildman–Crippen LogP) is 3.03. The van der Waals surface area contributed by atoms with Crippen molar-refractivity contribution < 1.29 is 17.7 Å². The predicted molar refractivity (Wildman–Crippen MR) is 79.1 cm³/mol. The van der Waals surface area contributed by atoms with Crippen molar-refractivity contribution >= 4 is 10.1 Å². The molecule has 0 fully saturated rings. The van der Waals surface area contributed by atoms with Gasteiger partial charge in [0.05, 0.1) is 17.1 Å². The Balaban J connectivity index is 2.73. The highest BCUT2D eigenvalue weighted by Crippen LogP contribution is 2.22. The summed E-state index contributed by atoms with van der Waals surface area (Å²) in [4.78, 5) is 0.122. The molecule has 0 aliphatic rings. The Kier molecular flexibility index (Phi) is 6.17. The Morgan fingerprint density at radius 3 is 2.30 bits per heavy atom. The van der Waals surface area contributed by atoms with Crippen molar-refractivity contribution in [3.05, 3.63) is 29.8 Å². The van der Waals surface area contributed by atoms with Crippen LogP contribution in [0.3, 0.4) is 0 Å². The van der Waals surface area contributed by atoms with Gasteiger partial charge < -0.3 is 5.11 Å². The molecule has 20 heavy (non-hydrogen) atoms. The number of unbranched alkanes of at least 4 members (excludes halogenated alkanes) is 1. The van der Waals surface area contributed by atoms with Crippen molar-refractivity contribution in [2.24, 2.45) is 0 Å². The summed E-state index contributed by atoms with van der Waals surface area (Å²) in [5.41, 5.74) is -0.0923. The summed E-state index contributed by atoms with van der Waals surface area (Å²) >= 11 is 0. The van der Waals surface area contributed by atoms with Crippen molar-refractivity contribution in [3.63, 3.8) is 0 Å². The molecule has 0 spiro atoms. The van der Waals surface area contributed by atoms with E-state index in [9.17, 15) is 13.5 Å². The van der Waals surface area contributed by atoms with Crippen LogP contribution in [0.25, 0.3) is 0 Å². The Morgan fingerprint density at radius 1 is 1.20 bits per heavy atom. The quantitative estimate of drug-likeness (QED) is 0.750. The average Bonchev–Trinajstić information content (AvgIpc) is 2.44. The highest BCUT2D eigenvalue weighted by Gasteiger charge is 2.28. The van der Waals surface area contributed by atoms with Gasteiger partial charge in [0.1, 0.15) is 0 Å². The number of benzene rings is 1. The molecule has 0 heterocycles. The first kappa shape index (κ1) is 17.1. The monoisotopic (exact) mass is 300 g/mol. The van der Waals surface area contributed by atoms with E-state index in [1.165, 1.54) is 12.1 Å². The fourth-order valence-electron chi connectivity index (χ4n) is 1.82. The lowest BCUT2D eigenvalue weighted by molar-refractivity contribution is -0.0151. The van der Waals surface area contributed by atoms with Gasteiger partial charge >= 0.3 is 0 Å². The zero-order valence-electron chi connectivity index (χ0n) is 12.4. The molecule has 0 unspecified atom stereocenters. The van der Waals surface area contributed by atoms with Gasteiger partial charge in [-0.2, -0.15) is 8.42 Å². The third-order valence-electron chi connectivity index (χ3n) is 3.45.